The average Bonchev–Trinajstić information content (AvgIpc) is 2.30. The number of hydrogen-bond donors (Lipinski definition) is 1. The number of nitrogens with two attached hydrogens (primary N) is 1. The smallest absolute Gasteiger partial charge is 0.267 e. The van der Waals surface area contributed by atoms with Crippen LogP contribution in [0.3, 0.4) is 0 Å². The first-order chi connectivity index (χ1) is 7.75. The molecule has 0 aliphatic heterocycles. The van der Waals surface area contributed by atoms with Gasteiger partial charge in [0.2, 0.25) is 0 Å². The van der Waals surface area contributed by atoms with Gasteiger partial charge in [-0.3, -0.25) is 14.8 Å². The SMILES string of the molecule is NC(=O)c1cc(Oc2cccnc2)ccn1. The summed E-state index contributed by atoms with van der Waals surface area (Å²) in [5.74, 6) is 0.498. The van der Waals surface area contributed by atoms with Crippen molar-refractivity contribution in [2.24, 2.45) is 5.73 Å². The van der Waals surface area contributed by atoms with E-state index < -0.39 is 5.91 Å². The lowest BCUT2D eigenvalue weighted by atomic mass is 10.3. The summed E-state index contributed by atoms with van der Waals surface area (Å²) in [6.45, 7) is 0. The Labute approximate surface area is 91.9 Å². The minimum absolute atomic E-state index is 0.168. The van der Waals surface area contributed by atoms with Crippen molar-refractivity contribution >= 4 is 5.91 Å². The first kappa shape index (κ1) is 10.1. The fraction of sp³-hybridized carbons (Fsp3) is 0. The van der Waals surface area contributed by atoms with Crippen molar-refractivity contribution in [2.45, 2.75) is 0 Å². The van der Waals surface area contributed by atoms with Gasteiger partial charge in [-0.05, 0) is 18.2 Å². The summed E-state index contributed by atoms with van der Waals surface area (Å²) >= 11 is 0. The predicted octanol–water partition coefficient (Wildman–Crippen LogP) is 1.37. The molecule has 16 heavy (non-hydrogen) atoms. The van der Waals surface area contributed by atoms with Gasteiger partial charge in [-0.15, -0.1) is 0 Å². The van der Waals surface area contributed by atoms with Gasteiger partial charge in [0.1, 0.15) is 17.2 Å². The molecule has 2 N–H and O–H groups in total. The van der Waals surface area contributed by atoms with Crippen molar-refractivity contribution in [3.8, 4) is 11.5 Å². The zero-order chi connectivity index (χ0) is 11.4. The Balaban J connectivity index is 2.22. The summed E-state index contributed by atoms with van der Waals surface area (Å²) in [6, 6.07) is 6.64. The third-order valence-corrected chi connectivity index (χ3v) is 1.85. The van der Waals surface area contributed by atoms with Crippen LogP contribution in [-0.2, 0) is 0 Å². The second-order valence-electron chi connectivity index (χ2n) is 3.03. The van der Waals surface area contributed by atoms with Gasteiger partial charge in [-0.2, -0.15) is 0 Å². The summed E-state index contributed by atoms with van der Waals surface area (Å²) < 4.78 is 5.46. The van der Waals surface area contributed by atoms with E-state index in [-0.39, 0.29) is 5.69 Å². The number of nitrogens with zero attached hydrogens (tertiary/aromatic N) is 2. The summed E-state index contributed by atoms with van der Waals surface area (Å²) in [7, 11) is 0. The summed E-state index contributed by atoms with van der Waals surface area (Å²) in [5.41, 5.74) is 5.27. The van der Waals surface area contributed by atoms with E-state index >= 15 is 0 Å². The van der Waals surface area contributed by atoms with Gasteiger partial charge >= 0.3 is 0 Å². The highest BCUT2D eigenvalue weighted by Gasteiger charge is 2.04. The standard InChI is InChI=1S/C11H9N3O2/c12-11(15)10-6-8(3-5-14-10)16-9-2-1-4-13-7-9/h1-7H,(H2,12,15). The van der Waals surface area contributed by atoms with Gasteiger partial charge in [0.25, 0.3) is 5.91 Å². The molecule has 1 amide bonds. The number of carbonyl (C=O) groups is 1. The molecule has 0 saturated carbocycles. The Kier molecular flexibility index (Phi) is 2.77. The van der Waals surface area contributed by atoms with Crippen LogP contribution in [0.1, 0.15) is 10.5 Å². The minimum atomic E-state index is -0.586. The molecule has 5 nitrogen and oxygen atoms in total. The van der Waals surface area contributed by atoms with Crippen molar-refractivity contribution < 1.29 is 9.53 Å². The molecular formula is C11H9N3O2. The molecule has 0 aliphatic carbocycles. The van der Waals surface area contributed by atoms with E-state index in [1.165, 1.54) is 12.3 Å². The molecule has 0 unspecified atom stereocenters. The minimum Gasteiger partial charge on any atom is -0.456 e. The Morgan fingerprint density at radius 1 is 1.25 bits per heavy atom. The molecule has 5 heteroatoms. The van der Waals surface area contributed by atoms with E-state index in [1.54, 1.807) is 30.6 Å². The number of hydrogen-bond acceptors (Lipinski definition) is 4. The number of primary amides is 1. The second-order valence-corrected chi connectivity index (χ2v) is 3.03. The van der Waals surface area contributed by atoms with Crippen molar-refractivity contribution in [2.75, 3.05) is 0 Å². The van der Waals surface area contributed by atoms with Crippen LogP contribution in [0.2, 0.25) is 0 Å². The maximum atomic E-state index is 10.9. The van der Waals surface area contributed by atoms with Crippen LogP contribution < -0.4 is 10.5 Å². The van der Waals surface area contributed by atoms with Crippen molar-refractivity contribution in [3.63, 3.8) is 0 Å². The zero-order valence-corrected chi connectivity index (χ0v) is 8.33. The third-order valence-electron chi connectivity index (χ3n) is 1.85. The van der Waals surface area contributed by atoms with Crippen LogP contribution >= 0.6 is 0 Å². The zero-order valence-electron chi connectivity index (χ0n) is 8.33. The van der Waals surface area contributed by atoms with E-state index in [0.717, 1.165) is 0 Å². The Hall–Kier alpha value is -2.43. The molecule has 80 valence electrons. The van der Waals surface area contributed by atoms with Gasteiger partial charge in [-0.25, -0.2) is 0 Å². The van der Waals surface area contributed by atoms with Gasteiger partial charge in [0.15, 0.2) is 0 Å². The molecule has 0 saturated heterocycles. The van der Waals surface area contributed by atoms with Crippen molar-refractivity contribution in [1.29, 1.82) is 0 Å². The van der Waals surface area contributed by atoms with Crippen LogP contribution in [0.15, 0.2) is 42.9 Å². The average molecular weight is 215 g/mol. The molecule has 0 bridgehead atoms. The quantitative estimate of drug-likeness (QED) is 0.838. The third kappa shape index (κ3) is 2.33. The number of rotatable bonds is 3. The largest absolute Gasteiger partial charge is 0.456 e. The van der Waals surface area contributed by atoms with Crippen molar-refractivity contribution in [1.82, 2.24) is 9.97 Å². The normalized spacial score (nSPS) is 9.75. The molecule has 2 heterocycles. The molecule has 0 aromatic carbocycles. The van der Waals surface area contributed by atoms with Crippen LogP contribution in [0.4, 0.5) is 0 Å². The number of aromatic nitrogens is 2. The predicted molar refractivity (Wildman–Crippen MR) is 57.1 cm³/mol. The van der Waals surface area contributed by atoms with E-state index in [2.05, 4.69) is 9.97 Å². The molecule has 2 aromatic heterocycles. The van der Waals surface area contributed by atoms with Gasteiger partial charge in [-0.1, -0.05) is 0 Å². The molecule has 0 radical (unpaired) electrons. The molecule has 2 rings (SSSR count). The lowest BCUT2D eigenvalue weighted by molar-refractivity contribution is 0.0995. The lowest BCUT2D eigenvalue weighted by Crippen LogP contribution is -2.12. The molecule has 2 aromatic rings. The monoisotopic (exact) mass is 215 g/mol. The highest BCUT2D eigenvalue weighted by atomic mass is 16.5. The fourth-order valence-electron chi connectivity index (χ4n) is 1.15. The van der Waals surface area contributed by atoms with E-state index in [4.69, 9.17) is 10.5 Å². The van der Waals surface area contributed by atoms with Crippen LogP contribution in [0.5, 0.6) is 11.5 Å². The molecular weight excluding hydrogens is 206 g/mol. The molecule has 0 fully saturated rings. The van der Waals surface area contributed by atoms with Gasteiger partial charge in [0, 0.05) is 18.5 Å². The molecule has 0 spiro atoms. The maximum absolute atomic E-state index is 10.9. The fourth-order valence-corrected chi connectivity index (χ4v) is 1.15. The summed E-state index contributed by atoms with van der Waals surface area (Å²) in [4.78, 5) is 18.6. The Morgan fingerprint density at radius 3 is 2.81 bits per heavy atom. The highest BCUT2D eigenvalue weighted by molar-refractivity contribution is 5.91. The van der Waals surface area contributed by atoms with Crippen LogP contribution in [0.25, 0.3) is 0 Å². The second kappa shape index (κ2) is 4.39. The number of carbonyl (C=O) groups excluding carboxylic acids is 1. The van der Waals surface area contributed by atoms with Crippen LogP contribution in [0, 0.1) is 0 Å². The molecule has 0 atom stereocenters. The van der Waals surface area contributed by atoms with E-state index in [1.807, 2.05) is 0 Å². The van der Waals surface area contributed by atoms with Crippen molar-refractivity contribution in [3.05, 3.63) is 48.5 Å². The maximum Gasteiger partial charge on any atom is 0.267 e. The first-order valence-corrected chi connectivity index (χ1v) is 4.59. The first-order valence-electron chi connectivity index (χ1n) is 4.59. The van der Waals surface area contributed by atoms with Gasteiger partial charge in [0.05, 0.1) is 6.20 Å². The number of amides is 1. The Bertz CT molecular complexity index is 500. The lowest BCUT2D eigenvalue weighted by Gasteiger charge is -2.04. The van der Waals surface area contributed by atoms with E-state index in [0.29, 0.717) is 11.5 Å². The van der Waals surface area contributed by atoms with Crippen LogP contribution in [-0.4, -0.2) is 15.9 Å². The topological polar surface area (TPSA) is 78.1 Å². The highest BCUT2D eigenvalue weighted by Crippen LogP contribution is 2.19. The number of ether oxygens (including phenoxy) is 1. The summed E-state index contributed by atoms with van der Waals surface area (Å²) in [6.07, 6.45) is 4.68. The van der Waals surface area contributed by atoms with E-state index in [9.17, 15) is 4.79 Å². The number of pyridine rings is 2. The summed E-state index contributed by atoms with van der Waals surface area (Å²) in [5, 5.41) is 0. The van der Waals surface area contributed by atoms with Gasteiger partial charge < -0.3 is 10.5 Å². The molecule has 0 aliphatic rings. The Morgan fingerprint density at radius 2 is 2.12 bits per heavy atom.